The molecule has 1 atom stereocenters. The second-order valence-corrected chi connectivity index (χ2v) is 6.18. The Morgan fingerprint density at radius 1 is 1.32 bits per heavy atom. The zero-order valence-electron chi connectivity index (χ0n) is 14.9. The van der Waals surface area contributed by atoms with E-state index >= 15 is 0 Å². The normalized spacial score (nSPS) is 14.8. The third-order valence-electron chi connectivity index (χ3n) is 4.47. The number of hydrogen-bond donors (Lipinski definition) is 1. The number of urea groups is 1. The van der Waals surface area contributed by atoms with Gasteiger partial charge in [-0.25, -0.2) is 4.79 Å². The van der Waals surface area contributed by atoms with Crippen molar-refractivity contribution in [1.82, 2.24) is 10.2 Å². The van der Waals surface area contributed by atoms with Crippen LogP contribution in [0.4, 0.5) is 4.79 Å². The molecule has 6 heteroatoms. The molecule has 2 amide bonds. The summed E-state index contributed by atoms with van der Waals surface area (Å²) in [4.78, 5) is 14.5. The molecule has 3 rings (SSSR count). The molecular formula is C19H24N2O4. The SMILES string of the molecule is COC[C@@H](NC(=O)N1CCc2c(cccc2OC)C1)c1ccc(C)o1. The van der Waals surface area contributed by atoms with Gasteiger partial charge in [-0.2, -0.15) is 0 Å². The maximum Gasteiger partial charge on any atom is 0.318 e. The topological polar surface area (TPSA) is 63.9 Å². The van der Waals surface area contributed by atoms with Crippen LogP contribution < -0.4 is 10.1 Å². The largest absolute Gasteiger partial charge is 0.496 e. The number of carbonyl (C=O) groups excluding carboxylic acids is 1. The molecule has 1 aliphatic heterocycles. The molecule has 0 unspecified atom stereocenters. The molecule has 1 aromatic carbocycles. The number of rotatable bonds is 5. The number of carbonyl (C=O) groups is 1. The predicted octanol–water partition coefficient (Wildman–Crippen LogP) is 3.05. The summed E-state index contributed by atoms with van der Waals surface area (Å²) in [5.74, 6) is 2.40. The van der Waals surface area contributed by atoms with Gasteiger partial charge >= 0.3 is 6.03 Å². The summed E-state index contributed by atoms with van der Waals surface area (Å²) >= 11 is 0. The lowest BCUT2D eigenvalue weighted by Gasteiger charge is -2.31. The van der Waals surface area contributed by atoms with Crippen LogP contribution in [0.5, 0.6) is 5.75 Å². The van der Waals surface area contributed by atoms with E-state index in [9.17, 15) is 4.79 Å². The van der Waals surface area contributed by atoms with Crippen LogP contribution in [0.15, 0.2) is 34.7 Å². The van der Waals surface area contributed by atoms with Crippen molar-refractivity contribution in [2.24, 2.45) is 0 Å². The van der Waals surface area contributed by atoms with Crippen molar-refractivity contribution in [2.75, 3.05) is 27.4 Å². The summed E-state index contributed by atoms with van der Waals surface area (Å²) < 4.78 is 16.3. The Hall–Kier alpha value is -2.47. The Morgan fingerprint density at radius 3 is 2.84 bits per heavy atom. The highest BCUT2D eigenvalue weighted by Gasteiger charge is 2.26. The van der Waals surface area contributed by atoms with Gasteiger partial charge in [-0.1, -0.05) is 12.1 Å². The number of benzene rings is 1. The number of methoxy groups -OCH3 is 2. The van der Waals surface area contributed by atoms with Gasteiger partial charge in [-0.3, -0.25) is 0 Å². The number of furan rings is 1. The zero-order chi connectivity index (χ0) is 17.8. The first-order valence-electron chi connectivity index (χ1n) is 8.38. The molecule has 0 spiro atoms. The van der Waals surface area contributed by atoms with Crippen LogP contribution in [0.1, 0.15) is 28.7 Å². The predicted molar refractivity (Wildman–Crippen MR) is 93.7 cm³/mol. The van der Waals surface area contributed by atoms with Crippen LogP contribution in [-0.2, 0) is 17.7 Å². The van der Waals surface area contributed by atoms with Gasteiger partial charge in [0.15, 0.2) is 0 Å². The molecule has 0 radical (unpaired) electrons. The van der Waals surface area contributed by atoms with Gasteiger partial charge in [-0.05, 0) is 37.1 Å². The first-order chi connectivity index (χ1) is 12.1. The van der Waals surface area contributed by atoms with Gasteiger partial charge in [-0.15, -0.1) is 0 Å². The second-order valence-electron chi connectivity index (χ2n) is 6.18. The van der Waals surface area contributed by atoms with Crippen LogP contribution >= 0.6 is 0 Å². The van der Waals surface area contributed by atoms with E-state index in [4.69, 9.17) is 13.9 Å². The molecule has 0 aliphatic carbocycles. The Kier molecular flexibility index (Phi) is 5.28. The highest BCUT2D eigenvalue weighted by Crippen LogP contribution is 2.28. The maximum atomic E-state index is 12.7. The van der Waals surface area contributed by atoms with E-state index in [1.54, 1.807) is 19.1 Å². The molecule has 0 fully saturated rings. The minimum absolute atomic E-state index is 0.121. The van der Waals surface area contributed by atoms with Gasteiger partial charge in [0, 0.05) is 25.8 Å². The lowest BCUT2D eigenvalue weighted by Crippen LogP contribution is -2.44. The number of fused-ring (bicyclic) bond motifs is 1. The number of nitrogens with one attached hydrogen (secondary N) is 1. The van der Waals surface area contributed by atoms with Gasteiger partial charge < -0.3 is 24.1 Å². The zero-order valence-corrected chi connectivity index (χ0v) is 14.9. The van der Waals surface area contributed by atoms with E-state index in [1.807, 2.05) is 37.3 Å². The Bertz CT molecular complexity index is 741. The number of hydrogen-bond acceptors (Lipinski definition) is 4. The van der Waals surface area contributed by atoms with E-state index < -0.39 is 0 Å². The van der Waals surface area contributed by atoms with Crippen LogP contribution in [0.2, 0.25) is 0 Å². The summed E-state index contributed by atoms with van der Waals surface area (Å²) in [6.45, 7) is 3.45. The number of aryl methyl sites for hydroxylation is 1. The van der Waals surface area contributed by atoms with Crippen molar-refractivity contribution in [3.05, 3.63) is 53.0 Å². The van der Waals surface area contributed by atoms with Crippen molar-refractivity contribution in [3.63, 3.8) is 0 Å². The quantitative estimate of drug-likeness (QED) is 0.905. The lowest BCUT2D eigenvalue weighted by molar-refractivity contribution is 0.144. The van der Waals surface area contributed by atoms with Crippen molar-refractivity contribution in [2.45, 2.75) is 25.9 Å². The monoisotopic (exact) mass is 344 g/mol. The van der Waals surface area contributed by atoms with Crippen molar-refractivity contribution in [3.8, 4) is 5.75 Å². The summed E-state index contributed by atoms with van der Waals surface area (Å²) in [6, 6.07) is 9.28. The third-order valence-corrected chi connectivity index (χ3v) is 4.47. The number of amides is 2. The van der Waals surface area contributed by atoms with Gasteiger partial charge in [0.2, 0.25) is 0 Å². The second kappa shape index (κ2) is 7.61. The average Bonchev–Trinajstić information content (AvgIpc) is 3.06. The van der Waals surface area contributed by atoms with Gasteiger partial charge in [0.25, 0.3) is 0 Å². The maximum absolute atomic E-state index is 12.7. The summed E-state index contributed by atoms with van der Waals surface area (Å²) in [5.41, 5.74) is 2.31. The molecule has 0 bridgehead atoms. The Morgan fingerprint density at radius 2 is 2.16 bits per heavy atom. The van der Waals surface area contributed by atoms with Crippen molar-refractivity contribution < 1.29 is 18.7 Å². The van der Waals surface area contributed by atoms with Crippen LogP contribution in [0.25, 0.3) is 0 Å². The van der Waals surface area contributed by atoms with Crippen LogP contribution in [0.3, 0.4) is 0 Å². The van der Waals surface area contributed by atoms with E-state index in [0.29, 0.717) is 25.5 Å². The molecule has 1 aliphatic rings. The van der Waals surface area contributed by atoms with Crippen LogP contribution in [-0.4, -0.2) is 38.3 Å². The fraction of sp³-hybridized carbons (Fsp3) is 0.421. The fourth-order valence-electron chi connectivity index (χ4n) is 3.18. The molecule has 0 saturated carbocycles. The van der Waals surface area contributed by atoms with Crippen molar-refractivity contribution >= 4 is 6.03 Å². The van der Waals surface area contributed by atoms with E-state index in [2.05, 4.69) is 5.32 Å². The molecule has 2 heterocycles. The molecule has 6 nitrogen and oxygen atoms in total. The molecule has 134 valence electrons. The summed E-state index contributed by atoms with van der Waals surface area (Å²) in [7, 11) is 3.29. The van der Waals surface area contributed by atoms with Crippen molar-refractivity contribution in [1.29, 1.82) is 0 Å². The molecule has 0 saturated heterocycles. The lowest BCUT2D eigenvalue weighted by atomic mass is 9.99. The highest BCUT2D eigenvalue weighted by molar-refractivity contribution is 5.75. The molecule has 1 N–H and O–H groups in total. The number of nitrogens with zero attached hydrogens (tertiary/aromatic N) is 1. The van der Waals surface area contributed by atoms with Crippen LogP contribution in [0, 0.1) is 6.92 Å². The third kappa shape index (κ3) is 3.79. The molecule has 1 aromatic heterocycles. The Labute approximate surface area is 147 Å². The van der Waals surface area contributed by atoms with E-state index in [1.165, 1.54) is 5.56 Å². The number of ether oxygens (including phenoxy) is 2. The summed E-state index contributed by atoms with van der Waals surface area (Å²) in [6.07, 6.45) is 0.779. The smallest absolute Gasteiger partial charge is 0.318 e. The van der Waals surface area contributed by atoms with E-state index in [0.717, 1.165) is 23.5 Å². The Balaban J connectivity index is 1.70. The first kappa shape index (κ1) is 17.4. The standard InChI is InChI=1S/C19H24N2O4/c1-13-7-8-18(25-13)16(12-23-2)20-19(22)21-10-9-15-14(11-21)5-4-6-17(15)24-3/h4-8,16H,9-12H2,1-3H3,(H,20,22)/t16-/m1/s1. The first-order valence-corrected chi connectivity index (χ1v) is 8.38. The molecule has 2 aromatic rings. The fourth-order valence-corrected chi connectivity index (χ4v) is 3.18. The summed E-state index contributed by atoms with van der Waals surface area (Å²) in [5, 5.41) is 3.01. The molecule has 25 heavy (non-hydrogen) atoms. The average molecular weight is 344 g/mol. The minimum atomic E-state index is -0.307. The van der Waals surface area contributed by atoms with Gasteiger partial charge in [0.05, 0.1) is 13.7 Å². The van der Waals surface area contributed by atoms with E-state index in [-0.39, 0.29) is 12.1 Å². The minimum Gasteiger partial charge on any atom is -0.496 e. The molecular weight excluding hydrogens is 320 g/mol. The highest BCUT2D eigenvalue weighted by atomic mass is 16.5. The van der Waals surface area contributed by atoms with Gasteiger partial charge in [0.1, 0.15) is 23.3 Å².